The molecule has 0 heterocycles. The molecular weight excluding hydrogens is 100 g/mol. The second-order valence-corrected chi connectivity index (χ2v) is 2.19. The van der Waals surface area contributed by atoms with Gasteiger partial charge in [-0.15, -0.1) is 0 Å². The Kier molecular flexibility index (Phi) is 4.32. The van der Waals surface area contributed by atoms with Crippen LogP contribution in [0.15, 0.2) is 4.99 Å². The van der Waals surface area contributed by atoms with Crippen molar-refractivity contribution in [1.29, 1.82) is 0 Å². The van der Waals surface area contributed by atoms with Crippen molar-refractivity contribution in [3.05, 3.63) is 0 Å². The summed E-state index contributed by atoms with van der Waals surface area (Å²) >= 11 is 0. The first-order valence-corrected chi connectivity index (χ1v) is 2.91. The molecule has 0 saturated carbocycles. The van der Waals surface area contributed by atoms with Crippen LogP contribution in [0.5, 0.6) is 0 Å². The van der Waals surface area contributed by atoms with E-state index in [2.05, 4.69) is 24.2 Å². The third kappa shape index (κ3) is 5.47. The Morgan fingerprint density at radius 1 is 1.62 bits per heavy atom. The van der Waals surface area contributed by atoms with Crippen molar-refractivity contribution in [3.8, 4) is 0 Å². The first-order valence-electron chi connectivity index (χ1n) is 2.91. The van der Waals surface area contributed by atoms with Crippen molar-refractivity contribution in [3.63, 3.8) is 0 Å². The topological polar surface area (TPSA) is 24.4 Å². The molecule has 0 aliphatic rings. The van der Waals surface area contributed by atoms with Gasteiger partial charge in [-0.1, -0.05) is 13.8 Å². The van der Waals surface area contributed by atoms with Gasteiger partial charge >= 0.3 is 0 Å². The second-order valence-electron chi connectivity index (χ2n) is 2.19. The quantitative estimate of drug-likeness (QED) is 0.427. The van der Waals surface area contributed by atoms with Crippen LogP contribution in [0.1, 0.15) is 13.8 Å². The van der Waals surface area contributed by atoms with Gasteiger partial charge in [-0.2, -0.15) is 0 Å². The molecule has 2 heteroatoms. The van der Waals surface area contributed by atoms with E-state index in [1.807, 2.05) is 0 Å². The molecule has 0 aromatic heterocycles. The van der Waals surface area contributed by atoms with Gasteiger partial charge in [-0.05, 0) is 5.92 Å². The predicted molar refractivity (Wildman–Crippen MR) is 37.3 cm³/mol. The zero-order chi connectivity index (χ0) is 6.41. The molecule has 0 bridgehead atoms. The fraction of sp³-hybridized carbons (Fsp3) is 0.833. The van der Waals surface area contributed by atoms with Crippen molar-refractivity contribution in [2.45, 2.75) is 13.8 Å². The summed E-state index contributed by atoms with van der Waals surface area (Å²) in [4.78, 5) is 3.77. The maximum Gasteiger partial charge on any atom is 0.0820 e. The van der Waals surface area contributed by atoms with Gasteiger partial charge in [0.15, 0.2) is 0 Å². The highest BCUT2D eigenvalue weighted by Gasteiger charge is 1.86. The average molecular weight is 114 g/mol. The van der Waals surface area contributed by atoms with Gasteiger partial charge in [0.25, 0.3) is 0 Å². The van der Waals surface area contributed by atoms with E-state index in [1.54, 1.807) is 13.4 Å². The zero-order valence-corrected chi connectivity index (χ0v) is 5.81. The number of nitrogens with one attached hydrogen (secondary N) is 1. The Hall–Kier alpha value is -0.530. The molecule has 0 aromatic carbocycles. The van der Waals surface area contributed by atoms with E-state index in [4.69, 9.17) is 0 Å². The molecule has 8 heavy (non-hydrogen) atoms. The molecule has 48 valence electrons. The minimum Gasteiger partial charge on any atom is -0.376 e. The summed E-state index contributed by atoms with van der Waals surface area (Å²) < 4.78 is 0. The highest BCUT2D eigenvalue weighted by molar-refractivity contribution is 5.53. The highest BCUT2D eigenvalue weighted by Crippen LogP contribution is 1.84. The Morgan fingerprint density at radius 3 is 2.62 bits per heavy atom. The lowest BCUT2D eigenvalue weighted by Crippen LogP contribution is -2.17. The van der Waals surface area contributed by atoms with Gasteiger partial charge in [0.2, 0.25) is 0 Å². The maximum absolute atomic E-state index is 3.77. The minimum absolute atomic E-state index is 0.702. The summed E-state index contributed by atoms with van der Waals surface area (Å²) in [5, 5.41) is 3.04. The number of nitrogens with zero attached hydrogens (tertiary/aromatic N) is 1. The van der Waals surface area contributed by atoms with E-state index < -0.39 is 0 Å². The van der Waals surface area contributed by atoms with E-state index in [0.717, 1.165) is 6.54 Å². The van der Waals surface area contributed by atoms with E-state index >= 15 is 0 Å². The van der Waals surface area contributed by atoms with Crippen LogP contribution in [0, 0.1) is 5.92 Å². The first-order chi connectivity index (χ1) is 3.77. The molecule has 0 radical (unpaired) electrons. The molecule has 0 fully saturated rings. The summed E-state index contributed by atoms with van der Waals surface area (Å²) in [5.41, 5.74) is 0. The van der Waals surface area contributed by atoms with Crippen LogP contribution in [-0.4, -0.2) is 19.9 Å². The Labute approximate surface area is 51.0 Å². The fourth-order valence-corrected chi connectivity index (χ4v) is 0.380. The molecule has 0 aliphatic carbocycles. The lowest BCUT2D eigenvalue weighted by molar-refractivity contribution is 0.629. The monoisotopic (exact) mass is 114 g/mol. The Bertz CT molecular complexity index is 66.9. The van der Waals surface area contributed by atoms with Crippen molar-refractivity contribution in [1.82, 2.24) is 5.32 Å². The lowest BCUT2D eigenvalue weighted by atomic mass is 10.2. The van der Waals surface area contributed by atoms with Crippen LogP contribution in [0.2, 0.25) is 0 Å². The summed E-state index contributed by atoms with van der Waals surface area (Å²) in [6, 6.07) is 0. The fourth-order valence-electron chi connectivity index (χ4n) is 0.380. The van der Waals surface area contributed by atoms with Gasteiger partial charge in [0.1, 0.15) is 0 Å². The van der Waals surface area contributed by atoms with Crippen LogP contribution in [0.25, 0.3) is 0 Å². The van der Waals surface area contributed by atoms with E-state index in [1.165, 1.54) is 0 Å². The van der Waals surface area contributed by atoms with Crippen LogP contribution in [0.4, 0.5) is 0 Å². The van der Waals surface area contributed by atoms with Gasteiger partial charge < -0.3 is 5.32 Å². The van der Waals surface area contributed by atoms with Gasteiger partial charge in [-0.25, -0.2) is 0 Å². The van der Waals surface area contributed by atoms with Gasteiger partial charge in [0.05, 0.1) is 6.34 Å². The van der Waals surface area contributed by atoms with Gasteiger partial charge in [0, 0.05) is 13.6 Å². The largest absolute Gasteiger partial charge is 0.376 e. The second kappa shape index (κ2) is 4.62. The summed E-state index contributed by atoms with van der Waals surface area (Å²) in [7, 11) is 1.76. The predicted octanol–water partition coefficient (Wildman–Crippen LogP) is 0.890. The van der Waals surface area contributed by atoms with Crippen LogP contribution in [0.3, 0.4) is 0 Å². The Balaban J connectivity index is 2.93. The van der Waals surface area contributed by atoms with Crippen molar-refractivity contribution in [2.75, 3.05) is 13.6 Å². The molecule has 0 saturated heterocycles. The molecular formula is C6H14N2. The summed E-state index contributed by atoms with van der Waals surface area (Å²) in [6.45, 7) is 5.34. The summed E-state index contributed by atoms with van der Waals surface area (Å²) in [5.74, 6) is 0.702. The Morgan fingerprint density at radius 2 is 2.25 bits per heavy atom. The third-order valence-electron chi connectivity index (χ3n) is 0.746. The molecule has 0 aromatic rings. The minimum atomic E-state index is 0.702. The van der Waals surface area contributed by atoms with Crippen molar-refractivity contribution < 1.29 is 0 Å². The maximum atomic E-state index is 3.77. The first kappa shape index (κ1) is 7.47. The van der Waals surface area contributed by atoms with Crippen molar-refractivity contribution in [2.24, 2.45) is 10.9 Å². The number of hydrogen-bond donors (Lipinski definition) is 1. The molecule has 0 rings (SSSR count). The number of hydrogen-bond acceptors (Lipinski definition) is 1. The van der Waals surface area contributed by atoms with Crippen LogP contribution in [-0.2, 0) is 0 Å². The van der Waals surface area contributed by atoms with E-state index in [-0.39, 0.29) is 0 Å². The standard InChI is InChI=1S/C6H14N2/c1-6(2)4-8-5-7-3/h5-6H,4H2,1-3H3,(H,7,8). The molecule has 0 aliphatic heterocycles. The molecule has 0 atom stereocenters. The number of aliphatic imine (C=N–C) groups is 1. The zero-order valence-electron chi connectivity index (χ0n) is 5.81. The molecule has 0 unspecified atom stereocenters. The third-order valence-corrected chi connectivity index (χ3v) is 0.746. The smallest absolute Gasteiger partial charge is 0.0820 e. The molecule has 1 N–H and O–H groups in total. The van der Waals surface area contributed by atoms with Crippen LogP contribution >= 0.6 is 0 Å². The van der Waals surface area contributed by atoms with Crippen LogP contribution < -0.4 is 5.32 Å². The molecule has 0 spiro atoms. The normalized spacial score (nSPS) is 11.0. The lowest BCUT2D eigenvalue weighted by Gasteiger charge is -2.00. The highest BCUT2D eigenvalue weighted by atomic mass is 14.9. The SMILES string of the molecule is C/N=C\NCC(C)C. The number of rotatable bonds is 3. The average Bonchev–Trinajstić information content (AvgIpc) is 1.66. The van der Waals surface area contributed by atoms with Crippen molar-refractivity contribution >= 4 is 6.34 Å². The summed E-state index contributed by atoms with van der Waals surface area (Å²) in [6.07, 6.45) is 1.72. The molecule has 2 nitrogen and oxygen atoms in total. The molecule has 0 amide bonds. The van der Waals surface area contributed by atoms with Gasteiger partial charge in [-0.3, -0.25) is 4.99 Å². The van der Waals surface area contributed by atoms with E-state index in [9.17, 15) is 0 Å². The van der Waals surface area contributed by atoms with E-state index in [0.29, 0.717) is 5.92 Å².